The Morgan fingerprint density at radius 3 is 2.35 bits per heavy atom. The lowest BCUT2D eigenvalue weighted by molar-refractivity contribution is 0.212. The van der Waals surface area contributed by atoms with E-state index in [4.69, 9.17) is 16.6 Å². The van der Waals surface area contributed by atoms with E-state index in [0.717, 1.165) is 59.0 Å². The van der Waals surface area contributed by atoms with Crippen LogP contribution in [0.15, 0.2) is 79.1 Å². The van der Waals surface area contributed by atoms with Gasteiger partial charge < -0.3 is 9.88 Å². The molecule has 1 N–H and O–H groups in total. The molecule has 0 amide bonds. The van der Waals surface area contributed by atoms with Gasteiger partial charge in [-0.2, -0.15) is 0 Å². The Morgan fingerprint density at radius 1 is 0.853 bits per heavy atom. The summed E-state index contributed by atoms with van der Waals surface area (Å²) in [7, 11) is 0. The Hall–Kier alpha value is -3.41. The van der Waals surface area contributed by atoms with Crippen LogP contribution < -0.4 is 4.90 Å². The van der Waals surface area contributed by atoms with Crippen LogP contribution in [0, 0.1) is 6.92 Å². The highest BCUT2D eigenvalue weighted by Crippen LogP contribution is 2.33. The van der Waals surface area contributed by atoms with E-state index in [1.165, 1.54) is 16.7 Å². The summed E-state index contributed by atoms with van der Waals surface area (Å²) in [6.07, 6.45) is 1.69. The molecule has 6 rings (SSSR count). The molecule has 0 radical (unpaired) electrons. The quantitative estimate of drug-likeness (QED) is 0.353. The zero-order chi connectivity index (χ0) is 23.1. The SMILES string of the molecule is Cc1ccc2c(c1)[nH]c1c(N3CCN(C(c4ccccc4)c4ccc(Cl)cc4)CC3)ncnc12. The number of halogens is 1. The summed E-state index contributed by atoms with van der Waals surface area (Å²) in [6, 6.07) is 25.6. The lowest BCUT2D eigenvalue weighted by atomic mass is 9.96. The van der Waals surface area contributed by atoms with Crippen LogP contribution in [0.5, 0.6) is 0 Å². The second-order valence-electron chi connectivity index (χ2n) is 8.98. The van der Waals surface area contributed by atoms with Crippen molar-refractivity contribution < 1.29 is 0 Å². The summed E-state index contributed by atoms with van der Waals surface area (Å²) in [5.74, 6) is 0.987. The maximum Gasteiger partial charge on any atom is 0.156 e. The highest BCUT2D eigenvalue weighted by molar-refractivity contribution is 6.30. The number of benzene rings is 3. The van der Waals surface area contributed by atoms with Gasteiger partial charge in [0.15, 0.2) is 5.82 Å². The molecule has 3 heterocycles. The minimum Gasteiger partial charge on any atom is -0.352 e. The Bertz CT molecular complexity index is 1440. The number of H-pyrrole nitrogens is 1. The van der Waals surface area contributed by atoms with Gasteiger partial charge >= 0.3 is 0 Å². The van der Waals surface area contributed by atoms with E-state index in [9.17, 15) is 0 Å². The summed E-state index contributed by atoms with van der Waals surface area (Å²) in [6.45, 7) is 5.79. The first-order chi connectivity index (χ1) is 16.7. The molecule has 3 aromatic carbocycles. The lowest BCUT2D eigenvalue weighted by Gasteiger charge is -2.40. The zero-order valence-corrected chi connectivity index (χ0v) is 19.8. The van der Waals surface area contributed by atoms with Crippen molar-refractivity contribution in [1.29, 1.82) is 0 Å². The number of hydrogen-bond donors (Lipinski definition) is 1. The molecule has 1 atom stereocenters. The molecule has 34 heavy (non-hydrogen) atoms. The summed E-state index contributed by atoms with van der Waals surface area (Å²) < 4.78 is 0. The van der Waals surface area contributed by atoms with Gasteiger partial charge in [0.25, 0.3) is 0 Å². The third-order valence-electron chi connectivity index (χ3n) is 6.80. The van der Waals surface area contributed by atoms with Crippen LogP contribution in [0.25, 0.3) is 21.9 Å². The molecule has 1 aliphatic rings. The van der Waals surface area contributed by atoms with Gasteiger partial charge in [-0.15, -0.1) is 0 Å². The van der Waals surface area contributed by atoms with Crippen molar-refractivity contribution in [3.8, 4) is 0 Å². The third kappa shape index (κ3) is 3.81. The largest absolute Gasteiger partial charge is 0.352 e. The summed E-state index contributed by atoms with van der Waals surface area (Å²) in [5, 5.41) is 1.91. The number of aromatic amines is 1. The smallest absolute Gasteiger partial charge is 0.156 e. The highest BCUT2D eigenvalue weighted by Gasteiger charge is 2.28. The molecule has 0 saturated carbocycles. The number of fused-ring (bicyclic) bond motifs is 3. The summed E-state index contributed by atoms with van der Waals surface area (Å²) >= 11 is 6.19. The van der Waals surface area contributed by atoms with Crippen molar-refractivity contribution in [3.05, 3.63) is 101 Å². The van der Waals surface area contributed by atoms with Crippen LogP contribution >= 0.6 is 11.6 Å². The monoisotopic (exact) mass is 467 g/mol. The first-order valence-electron chi connectivity index (χ1n) is 11.7. The number of nitrogens with one attached hydrogen (secondary N) is 1. The van der Waals surface area contributed by atoms with Crippen LogP contribution in [-0.4, -0.2) is 46.0 Å². The van der Waals surface area contributed by atoms with Crippen LogP contribution in [0.1, 0.15) is 22.7 Å². The van der Waals surface area contributed by atoms with E-state index >= 15 is 0 Å². The Morgan fingerprint density at radius 2 is 1.59 bits per heavy atom. The number of anilines is 1. The number of hydrogen-bond acceptors (Lipinski definition) is 4. The fourth-order valence-electron chi connectivity index (χ4n) is 5.12. The zero-order valence-electron chi connectivity index (χ0n) is 19.1. The van der Waals surface area contributed by atoms with Crippen molar-refractivity contribution in [1.82, 2.24) is 19.9 Å². The van der Waals surface area contributed by atoms with Crippen LogP contribution in [0.4, 0.5) is 5.82 Å². The van der Waals surface area contributed by atoms with E-state index < -0.39 is 0 Å². The van der Waals surface area contributed by atoms with Gasteiger partial charge in [0.2, 0.25) is 0 Å². The molecule has 0 spiro atoms. The minimum absolute atomic E-state index is 0.196. The molecular formula is C28H26ClN5. The average molecular weight is 468 g/mol. The second kappa shape index (κ2) is 8.75. The first-order valence-corrected chi connectivity index (χ1v) is 12.1. The molecule has 1 aliphatic heterocycles. The normalized spacial score (nSPS) is 15.8. The van der Waals surface area contributed by atoms with Crippen molar-refractivity contribution in [3.63, 3.8) is 0 Å². The Balaban J connectivity index is 1.30. The molecule has 0 aliphatic carbocycles. The molecule has 6 heteroatoms. The lowest BCUT2D eigenvalue weighted by Crippen LogP contribution is -2.48. The van der Waals surface area contributed by atoms with Crippen molar-refractivity contribution >= 4 is 39.4 Å². The topological polar surface area (TPSA) is 48.1 Å². The molecule has 170 valence electrons. The van der Waals surface area contributed by atoms with Gasteiger partial charge in [0.05, 0.1) is 6.04 Å². The number of piperazine rings is 1. The predicted molar refractivity (Wildman–Crippen MR) is 140 cm³/mol. The van der Waals surface area contributed by atoms with E-state index in [0.29, 0.717) is 0 Å². The van der Waals surface area contributed by atoms with Crippen molar-refractivity contribution in [2.45, 2.75) is 13.0 Å². The Kier molecular flexibility index (Phi) is 5.44. The number of rotatable bonds is 4. The first kappa shape index (κ1) is 21.1. The second-order valence-corrected chi connectivity index (χ2v) is 9.42. The fourth-order valence-corrected chi connectivity index (χ4v) is 5.25. The summed E-state index contributed by atoms with van der Waals surface area (Å²) in [4.78, 5) is 17.8. The van der Waals surface area contributed by atoms with E-state index in [-0.39, 0.29) is 6.04 Å². The van der Waals surface area contributed by atoms with Crippen LogP contribution in [0.2, 0.25) is 5.02 Å². The number of aryl methyl sites for hydroxylation is 1. The molecule has 2 aromatic heterocycles. The van der Waals surface area contributed by atoms with Crippen LogP contribution in [0.3, 0.4) is 0 Å². The standard InChI is InChI=1S/C28H26ClN5/c1-19-7-12-23-24(17-19)32-26-25(23)30-18-31-28(26)34-15-13-33(14-16-34)27(20-5-3-2-4-6-20)21-8-10-22(29)11-9-21/h2-12,17-18,27,32H,13-16H2,1H3. The minimum atomic E-state index is 0.196. The molecule has 1 fully saturated rings. The predicted octanol–water partition coefficient (Wildman–Crippen LogP) is 5.98. The van der Waals surface area contributed by atoms with Gasteiger partial charge in [-0.1, -0.05) is 66.2 Å². The third-order valence-corrected chi connectivity index (χ3v) is 7.05. The fraction of sp³-hybridized carbons (Fsp3) is 0.214. The summed E-state index contributed by atoms with van der Waals surface area (Å²) in [5.41, 5.74) is 6.92. The molecular weight excluding hydrogens is 442 g/mol. The van der Waals surface area contributed by atoms with E-state index in [2.05, 4.69) is 87.4 Å². The van der Waals surface area contributed by atoms with E-state index in [1.54, 1.807) is 6.33 Å². The van der Waals surface area contributed by atoms with E-state index in [1.807, 2.05) is 12.1 Å². The maximum atomic E-state index is 6.19. The van der Waals surface area contributed by atoms with Crippen molar-refractivity contribution in [2.24, 2.45) is 0 Å². The molecule has 1 unspecified atom stereocenters. The Labute approximate surface area is 204 Å². The maximum absolute atomic E-state index is 6.19. The number of nitrogens with zero attached hydrogens (tertiary/aromatic N) is 4. The van der Waals surface area contributed by atoms with Crippen LogP contribution in [-0.2, 0) is 0 Å². The van der Waals surface area contributed by atoms with Gasteiger partial charge in [0, 0.05) is 42.1 Å². The molecule has 1 saturated heterocycles. The van der Waals surface area contributed by atoms with Gasteiger partial charge in [-0.25, -0.2) is 9.97 Å². The van der Waals surface area contributed by atoms with Gasteiger partial charge in [0.1, 0.15) is 17.4 Å². The highest BCUT2D eigenvalue weighted by atomic mass is 35.5. The molecule has 5 nitrogen and oxygen atoms in total. The average Bonchev–Trinajstić information content (AvgIpc) is 3.24. The van der Waals surface area contributed by atoms with Gasteiger partial charge in [-0.3, -0.25) is 4.90 Å². The molecule has 5 aromatic rings. The van der Waals surface area contributed by atoms with Crippen molar-refractivity contribution in [2.75, 3.05) is 31.1 Å². The molecule has 0 bridgehead atoms. The number of aromatic nitrogens is 3. The van der Waals surface area contributed by atoms with Gasteiger partial charge in [-0.05, 0) is 41.8 Å².